The number of furan rings is 1. The minimum atomic E-state index is -3.62. The van der Waals surface area contributed by atoms with Crippen LogP contribution in [0.15, 0.2) is 10.5 Å². The van der Waals surface area contributed by atoms with E-state index in [0.717, 1.165) is 11.3 Å². The number of nitrogens with one attached hydrogen (secondary N) is 1. The van der Waals surface area contributed by atoms with Crippen molar-refractivity contribution >= 4 is 10.0 Å². The quantitative estimate of drug-likeness (QED) is 0.890. The van der Waals surface area contributed by atoms with E-state index < -0.39 is 21.3 Å². The van der Waals surface area contributed by atoms with Gasteiger partial charge >= 0.3 is 0 Å². The molecule has 1 heterocycles. The van der Waals surface area contributed by atoms with E-state index in [0.29, 0.717) is 5.76 Å². The fraction of sp³-hybridized carbons (Fsp3) is 0.545. The summed E-state index contributed by atoms with van der Waals surface area (Å²) in [7, 11) is -3.62. The van der Waals surface area contributed by atoms with E-state index in [1.165, 1.54) is 6.92 Å². The number of hydrogen-bond donors (Lipinski definition) is 1. The third kappa shape index (κ3) is 3.08. The van der Waals surface area contributed by atoms with Crippen LogP contribution in [0.4, 0.5) is 0 Å². The molecule has 0 amide bonds. The molecule has 0 aliphatic heterocycles. The molecular weight excluding hydrogens is 240 g/mol. The summed E-state index contributed by atoms with van der Waals surface area (Å²) in [5.74, 6) is 1.42. The molecule has 0 fully saturated rings. The molecule has 0 aliphatic carbocycles. The number of sulfonamides is 1. The third-order valence-electron chi connectivity index (χ3n) is 2.53. The molecule has 0 saturated heterocycles. The van der Waals surface area contributed by atoms with E-state index in [1.807, 2.05) is 0 Å². The molecule has 1 aromatic rings. The zero-order valence-corrected chi connectivity index (χ0v) is 11.1. The molecule has 1 aromatic heterocycles. The van der Waals surface area contributed by atoms with Gasteiger partial charge in [0.15, 0.2) is 5.25 Å². The largest absolute Gasteiger partial charge is 0.466 e. The normalized spacial score (nSPS) is 15.2. The fourth-order valence-electron chi connectivity index (χ4n) is 1.56. The summed E-state index contributed by atoms with van der Waals surface area (Å²) in [6.45, 7) is 6.65. The molecule has 0 aromatic carbocycles. The Morgan fingerprint density at radius 1 is 1.41 bits per heavy atom. The van der Waals surface area contributed by atoms with Gasteiger partial charge in [0.1, 0.15) is 11.5 Å². The third-order valence-corrected chi connectivity index (χ3v) is 4.25. The van der Waals surface area contributed by atoms with Crippen LogP contribution in [-0.4, -0.2) is 13.7 Å². The van der Waals surface area contributed by atoms with Gasteiger partial charge in [0.2, 0.25) is 10.0 Å². The first-order valence-electron chi connectivity index (χ1n) is 5.25. The maximum Gasteiger partial charge on any atom is 0.228 e. The van der Waals surface area contributed by atoms with E-state index in [1.54, 1.807) is 32.9 Å². The van der Waals surface area contributed by atoms with Crippen LogP contribution >= 0.6 is 0 Å². The van der Waals surface area contributed by atoms with Gasteiger partial charge in [-0.05, 0) is 33.8 Å². The van der Waals surface area contributed by atoms with E-state index in [9.17, 15) is 8.42 Å². The van der Waals surface area contributed by atoms with Crippen molar-refractivity contribution in [2.45, 2.75) is 39.0 Å². The lowest BCUT2D eigenvalue weighted by molar-refractivity contribution is 0.496. The van der Waals surface area contributed by atoms with Gasteiger partial charge in [-0.3, -0.25) is 0 Å². The standard InChI is InChI=1S/C11H16N2O3S/c1-7-5-11(10(4)16-7)9(3)13-17(14,15)8(2)6-12/h5,8-9,13H,1-4H3. The monoisotopic (exact) mass is 256 g/mol. The van der Waals surface area contributed by atoms with E-state index in [-0.39, 0.29) is 0 Å². The molecule has 17 heavy (non-hydrogen) atoms. The topological polar surface area (TPSA) is 83.1 Å². The number of rotatable bonds is 4. The van der Waals surface area contributed by atoms with Crippen molar-refractivity contribution in [3.8, 4) is 6.07 Å². The molecular formula is C11H16N2O3S. The van der Waals surface area contributed by atoms with Crippen LogP contribution < -0.4 is 4.72 Å². The highest BCUT2D eigenvalue weighted by atomic mass is 32.2. The van der Waals surface area contributed by atoms with Gasteiger partial charge in [-0.15, -0.1) is 0 Å². The maximum absolute atomic E-state index is 11.7. The van der Waals surface area contributed by atoms with Crippen LogP contribution in [0.5, 0.6) is 0 Å². The molecule has 1 N–H and O–H groups in total. The highest BCUT2D eigenvalue weighted by molar-refractivity contribution is 7.90. The average molecular weight is 256 g/mol. The molecule has 94 valence electrons. The zero-order chi connectivity index (χ0) is 13.2. The second kappa shape index (κ2) is 4.90. The Kier molecular flexibility index (Phi) is 3.96. The van der Waals surface area contributed by atoms with Crippen LogP contribution in [-0.2, 0) is 10.0 Å². The Labute approximate surface area is 101 Å². The summed E-state index contributed by atoms with van der Waals surface area (Å²) in [4.78, 5) is 0. The van der Waals surface area contributed by atoms with E-state index >= 15 is 0 Å². The second-order valence-corrected chi connectivity index (χ2v) is 6.06. The summed E-state index contributed by atoms with van der Waals surface area (Å²) in [6.07, 6.45) is 0. The highest BCUT2D eigenvalue weighted by Gasteiger charge is 2.24. The molecule has 5 nitrogen and oxygen atoms in total. The van der Waals surface area contributed by atoms with Crippen molar-refractivity contribution in [3.05, 3.63) is 23.2 Å². The minimum Gasteiger partial charge on any atom is -0.466 e. The Bertz CT molecular complexity index is 540. The van der Waals surface area contributed by atoms with Gasteiger partial charge in [0.25, 0.3) is 0 Å². The molecule has 0 spiro atoms. The summed E-state index contributed by atoms with van der Waals surface area (Å²) in [5.41, 5.74) is 0.788. The Hall–Kier alpha value is -1.32. The highest BCUT2D eigenvalue weighted by Crippen LogP contribution is 2.22. The van der Waals surface area contributed by atoms with Crippen LogP contribution in [0, 0.1) is 25.2 Å². The van der Waals surface area contributed by atoms with Gasteiger partial charge in [-0.2, -0.15) is 5.26 Å². The zero-order valence-electron chi connectivity index (χ0n) is 10.3. The Morgan fingerprint density at radius 2 is 2.00 bits per heavy atom. The van der Waals surface area contributed by atoms with Crippen LogP contribution in [0.1, 0.15) is 37.0 Å². The predicted octanol–water partition coefficient (Wildman–Crippen LogP) is 1.79. The first kappa shape index (κ1) is 13.7. The molecule has 0 bridgehead atoms. The van der Waals surface area contributed by atoms with Crippen molar-refractivity contribution in [1.29, 1.82) is 5.26 Å². The van der Waals surface area contributed by atoms with Gasteiger partial charge in [-0.1, -0.05) is 0 Å². The molecule has 1 rings (SSSR count). The first-order valence-corrected chi connectivity index (χ1v) is 6.80. The van der Waals surface area contributed by atoms with Crippen molar-refractivity contribution in [3.63, 3.8) is 0 Å². The van der Waals surface area contributed by atoms with Gasteiger partial charge in [-0.25, -0.2) is 13.1 Å². The van der Waals surface area contributed by atoms with Crippen LogP contribution in [0.2, 0.25) is 0 Å². The van der Waals surface area contributed by atoms with Crippen molar-refractivity contribution in [2.24, 2.45) is 0 Å². The predicted molar refractivity (Wildman–Crippen MR) is 63.7 cm³/mol. The van der Waals surface area contributed by atoms with Gasteiger partial charge in [0, 0.05) is 11.6 Å². The van der Waals surface area contributed by atoms with Crippen LogP contribution in [0.25, 0.3) is 0 Å². The average Bonchev–Trinajstić information content (AvgIpc) is 2.56. The number of nitrogens with zero attached hydrogens (tertiary/aromatic N) is 1. The maximum atomic E-state index is 11.7. The van der Waals surface area contributed by atoms with Crippen molar-refractivity contribution < 1.29 is 12.8 Å². The first-order chi connectivity index (χ1) is 7.77. The molecule has 2 atom stereocenters. The fourth-order valence-corrected chi connectivity index (χ4v) is 2.52. The molecule has 2 unspecified atom stereocenters. The van der Waals surface area contributed by atoms with Gasteiger partial charge in [0.05, 0.1) is 6.07 Å². The van der Waals surface area contributed by atoms with Crippen LogP contribution in [0.3, 0.4) is 0 Å². The summed E-state index contributed by atoms with van der Waals surface area (Å²) in [5, 5.41) is 7.55. The second-order valence-electron chi connectivity index (χ2n) is 4.02. The summed E-state index contributed by atoms with van der Waals surface area (Å²) in [6, 6.07) is 3.09. The molecule has 0 radical (unpaired) electrons. The number of hydrogen-bond acceptors (Lipinski definition) is 4. The summed E-state index contributed by atoms with van der Waals surface area (Å²) < 4.78 is 31.2. The lowest BCUT2D eigenvalue weighted by Crippen LogP contribution is -2.33. The Morgan fingerprint density at radius 3 is 2.41 bits per heavy atom. The van der Waals surface area contributed by atoms with Gasteiger partial charge < -0.3 is 4.42 Å². The lowest BCUT2D eigenvalue weighted by atomic mass is 10.1. The van der Waals surface area contributed by atoms with Crippen molar-refractivity contribution in [1.82, 2.24) is 4.72 Å². The van der Waals surface area contributed by atoms with E-state index in [4.69, 9.17) is 9.68 Å². The summed E-state index contributed by atoms with van der Waals surface area (Å²) >= 11 is 0. The smallest absolute Gasteiger partial charge is 0.228 e. The number of aryl methyl sites for hydroxylation is 2. The SMILES string of the molecule is Cc1cc(C(C)NS(=O)(=O)C(C)C#N)c(C)o1. The van der Waals surface area contributed by atoms with Crippen molar-refractivity contribution in [2.75, 3.05) is 0 Å². The lowest BCUT2D eigenvalue weighted by Gasteiger charge is -2.14. The Balaban J connectivity index is 2.91. The molecule has 6 heteroatoms. The molecule has 0 saturated carbocycles. The van der Waals surface area contributed by atoms with E-state index in [2.05, 4.69) is 4.72 Å². The number of nitriles is 1. The molecule has 0 aliphatic rings. The minimum absolute atomic E-state index is 0.409.